The van der Waals surface area contributed by atoms with E-state index in [1.807, 2.05) is 6.92 Å². The largest absolute Gasteiger partial charge is 0.482 e. The second-order valence-electron chi connectivity index (χ2n) is 5.19. The van der Waals surface area contributed by atoms with Gasteiger partial charge in [-0.05, 0) is 39.8 Å². The van der Waals surface area contributed by atoms with E-state index >= 15 is 0 Å². The Hall–Kier alpha value is -1.62. The summed E-state index contributed by atoms with van der Waals surface area (Å²) in [6.45, 7) is 8.10. The summed E-state index contributed by atoms with van der Waals surface area (Å²) in [5, 5.41) is 3.23. The van der Waals surface area contributed by atoms with Gasteiger partial charge in [0.15, 0.2) is 6.61 Å². The van der Waals surface area contributed by atoms with Crippen LogP contribution in [0.1, 0.15) is 45.7 Å². The number of hydrogen-bond donors (Lipinski definition) is 1. The van der Waals surface area contributed by atoms with Crippen LogP contribution >= 0.6 is 0 Å². The fourth-order valence-electron chi connectivity index (χ4n) is 1.86. The highest BCUT2D eigenvalue weighted by atomic mass is 19.1. The number of carbonyl (C=O) groups excluding carboxylic acids is 1. The van der Waals surface area contributed by atoms with Crippen LogP contribution in [-0.4, -0.2) is 25.2 Å². The second-order valence-corrected chi connectivity index (χ2v) is 5.19. The first kappa shape index (κ1) is 17.4. The highest BCUT2D eigenvalue weighted by molar-refractivity contribution is 5.71. The number of ether oxygens (including phenoxy) is 2. The van der Waals surface area contributed by atoms with Crippen molar-refractivity contribution in [2.45, 2.75) is 46.3 Å². The van der Waals surface area contributed by atoms with Crippen molar-refractivity contribution in [1.82, 2.24) is 5.32 Å². The molecule has 21 heavy (non-hydrogen) atoms. The number of carbonyl (C=O) groups is 1. The van der Waals surface area contributed by atoms with E-state index in [-0.39, 0.29) is 24.6 Å². The zero-order valence-electron chi connectivity index (χ0n) is 13.1. The average molecular weight is 297 g/mol. The Kier molecular flexibility index (Phi) is 7.15. The Morgan fingerprint density at radius 2 is 2.05 bits per heavy atom. The van der Waals surface area contributed by atoms with Crippen molar-refractivity contribution in [3.8, 4) is 5.75 Å². The Balaban J connectivity index is 2.59. The van der Waals surface area contributed by atoms with Crippen LogP contribution in [0.25, 0.3) is 0 Å². The summed E-state index contributed by atoms with van der Waals surface area (Å²) >= 11 is 0. The summed E-state index contributed by atoms with van der Waals surface area (Å²) in [6, 6.07) is 4.56. The lowest BCUT2D eigenvalue weighted by Crippen LogP contribution is -2.20. The summed E-state index contributed by atoms with van der Waals surface area (Å²) in [5.41, 5.74) is 0.584. The number of halogens is 1. The molecule has 0 fully saturated rings. The first-order chi connectivity index (χ1) is 9.93. The minimum Gasteiger partial charge on any atom is -0.482 e. The summed E-state index contributed by atoms with van der Waals surface area (Å²) in [4.78, 5) is 11.4. The van der Waals surface area contributed by atoms with Crippen LogP contribution in [0.15, 0.2) is 18.2 Å². The number of nitrogens with one attached hydrogen (secondary N) is 1. The van der Waals surface area contributed by atoms with E-state index in [1.54, 1.807) is 26.0 Å². The zero-order valence-corrected chi connectivity index (χ0v) is 13.1. The average Bonchev–Trinajstić information content (AvgIpc) is 2.42. The fraction of sp³-hybridized carbons (Fsp3) is 0.562. The van der Waals surface area contributed by atoms with Gasteiger partial charge in [0.1, 0.15) is 11.6 Å². The van der Waals surface area contributed by atoms with Crippen molar-refractivity contribution in [3.05, 3.63) is 29.6 Å². The van der Waals surface area contributed by atoms with Crippen LogP contribution in [0, 0.1) is 5.82 Å². The van der Waals surface area contributed by atoms with Crippen molar-refractivity contribution in [1.29, 1.82) is 0 Å². The van der Waals surface area contributed by atoms with Gasteiger partial charge in [-0.3, -0.25) is 0 Å². The molecule has 0 aromatic heterocycles. The van der Waals surface area contributed by atoms with E-state index in [0.29, 0.717) is 11.3 Å². The summed E-state index contributed by atoms with van der Waals surface area (Å²) in [6.07, 6.45) is 0.802. The van der Waals surface area contributed by atoms with Gasteiger partial charge in [0.2, 0.25) is 0 Å². The number of benzene rings is 1. The number of hydrogen-bond acceptors (Lipinski definition) is 4. The predicted octanol–water partition coefficient (Wildman–Crippen LogP) is 3.22. The quantitative estimate of drug-likeness (QED) is 0.748. The van der Waals surface area contributed by atoms with Crippen LogP contribution in [0.5, 0.6) is 5.75 Å². The highest BCUT2D eigenvalue weighted by Crippen LogP contribution is 2.22. The van der Waals surface area contributed by atoms with E-state index in [9.17, 15) is 9.18 Å². The van der Waals surface area contributed by atoms with E-state index in [4.69, 9.17) is 9.47 Å². The zero-order chi connectivity index (χ0) is 15.8. The number of rotatable bonds is 8. The van der Waals surface area contributed by atoms with E-state index in [0.717, 1.165) is 13.0 Å². The molecule has 118 valence electrons. The third-order valence-corrected chi connectivity index (χ3v) is 2.86. The van der Waals surface area contributed by atoms with Crippen molar-refractivity contribution in [2.75, 3.05) is 13.2 Å². The van der Waals surface area contributed by atoms with Gasteiger partial charge in [0.05, 0.1) is 6.10 Å². The first-order valence-electron chi connectivity index (χ1n) is 7.29. The molecule has 0 aliphatic heterocycles. The molecule has 0 amide bonds. The molecular weight excluding hydrogens is 273 g/mol. The molecule has 0 heterocycles. The van der Waals surface area contributed by atoms with Crippen LogP contribution in [-0.2, 0) is 9.53 Å². The summed E-state index contributed by atoms with van der Waals surface area (Å²) in [7, 11) is 0. The maximum atomic E-state index is 14.0. The Morgan fingerprint density at radius 1 is 1.33 bits per heavy atom. The van der Waals surface area contributed by atoms with E-state index in [2.05, 4.69) is 12.2 Å². The molecule has 1 rings (SSSR count). The van der Waals surface area contributed by atoms with Gasteiger partial charge >= 0.3 is 5.97 Å². The fourth-order valence-corrected chi connectivity index (χ4v) is 1.86. The standard InChI is InChI=1S/C16H24FNO3/c1-5-8-18-12(4)14-7-6-13(9-15(14)17)20-10-16(19)21-11(2)3/h6-7,9,11-12,18H,5,8,10H2,1-4H3. The van der Waals surface area contributed by atoms with Crippen LogP contribution in [0.4, 0.5) is 4.39 Å². The molecular formula is C16H24FNO3. The van der Waals surface area contributed by atoms with Crippen LogP contribution in [0.2, 0.25) is 0 Å². The van der Waals surface area contributed by atoms with E-state index < -0.39 is 5.97 Å². The van der Waals surface area contributed by atoms with Crippen LogP contribution in [0.3, 0.4) is 0 Å². The number of esters is 1. The molecule has 0 aliphatic carbocycles. The molecule has 1 N–H and O–H groups in total. The second kappa shape index (κ2) is 8.62. The molecule has 0 aliphatic rings. The lowest BCUT2D eigenvalue weighted by atomic mass is 10.1. The maximum absolute atomic E-state index is 14.0. The molecule has 1 aromatic rings. The van der Waals surface area contributed by atoms with Crippen molar-refractivity contribution >= 4 is 5.97 Å². The van der Waals surface area contributed by atoms with Gasteiger partial charge in [-0.2, -0.15) is 0 Å². The maximum Gasteiger partial charge on any atom is 0.344 e. The molecule has 1 atom stereocenters. The van der Waals surface area contributed by atoms with Gasteiger partial charge in [0, 0.05) is 17.7 Å². The minimum atomic E-state index is -0.465. The third kappa shape index (κ3) is 6.12. The lowest BCUT2D eigenvalue weighted by Gasteiger charge is -2.15. The van der Waals surface area contributed by atoms with Crippen molar-refractivity contribution in [3.63, 3.8) is 0 Å². The highest BCUT2D eigenvalue weighted by Gasteiger charge is 2.12. The summed E-state index contributed by atoms with van der Waals surface area (Å²) < 4.78 is 24.2. The minimum absolute atomic E-state index is 0.0649. The normalized spacial score (nSPS) is 12.3. The van der Waals surface area contributed by atoms with Gasteiger partial charge in [-0.15, -0.1) is 0 Å². The predicted molar refractivity (Wildman–Crippen MR) is 79.8 cm³/mol. The molecule has 1 aromatic carbocycles. The van der Waals surface area contributed by atoms with Gasteiger partial charge in [0.25, 0.3) is 0 Å². The van der Waals surface area contributed by atoms with Crippen molar-refractivity contribution in [2.24, 2.45) is 0 Å². The molecule has 0 saturated carbocycles. The van der Waals surface area contributed by atoms with Gasteiger partial charge in [-0.25, -0.2) is 9.18 Å². The van der Waals surface area contributed by atoms with E-state index in [1.165, 1.54) is 6.07 Å². The van der Waals surface area contributed by atoms with Crippen molar-refractivity contribution < 1.29 is 18.7 Å². The topological polar surface area (TPSA) is 47.6 Å². The lowest BCUT2D eigenvalue weighted by molar-refractivity contribution is -0.149. The molecule has 5 heteroatoms. The Bertz CT molecular complexity index is 463. The third-order valence-electron chi connectivity index (χ3n) is 2.86. The molecule has 0 spiro atoms. The molecule has 0 radical (unpaired) electrons. The molecule has 0 saturated heterocycles. The SMILES string of the molecule is CCCNC(C)c1ccc(OCC(=O)OC(C)C)cc1F. The van der Waals surface area contributed by atoms with Gasteiger partial charge < -0.3 is 14.8 Å². The Morgan fingerprint density at radius 3 is 2.62 bits per heavy atom. The smallest absolute Gasteiger partial charge is 0.344 e. The van der Waals surface area contributed by atoms with Gasteiger partial charge in [-0.1, -0.05) is 13.0 Å². The first-order valence-corrected chi connectivity index (χ1v) is 7.29. The molecule has 1 unspecified atom stereocenters. The molecule has 0 bridgehead atoms. The monoisotopic (exact) mass is 297 g/mol. The Labute approximate surface area is 125 Å². The van der Waals surface area contributed by atoms with Crippen LogP contribution < -0.4 is 10.1 Å². The summed E-state index contributed by atoms with van der Waals surface area (Å²) in [5.74, 6) is -0.493. The molecule has 4 nitrogen and oxygen atoms in total.